The molecule has 0 spiro atoms. The molecule has 0 atom stereocenters. The van der Waals surface area contributed by atoms with Crippen LogP contribution in [-0.2, 0) is 48.4 Å². The van der Waals surface area contributed by atoms with Crippen molar-refractivity contribution in [2.45, 2.75) is 32.9 Å². The minimum Gasteiger partial charge on any atom is -0.507 e. The molecule has 0 saturated carbocycles. The summed E-state index contributed by atoms with van der Waals surface area (Å²) in [6, 6.07) is 24.0. The number of H-pyrrole nitrogens is 2. The van der Waals surface area contributed by atoms with E-state index in [0.29, 0.717) is 84.7 Å². The molecule has 9 rings (SSSR count). The van der Waals surface area contributed by atoms with Crippen molar-refractivity contribution in [1.29, 1.82) is 0 Å². The molecule has 0 saturated heterocycles. The van der Waals surface area contributed by atoms with Gasteiger partial charge in [0.05, 0.1) is 97.4 Å². The van der Waals surface area contributed by atoms with Gasteiger partial charge in [0.2, 0.25) is 0 Å². The van der Waals surface area contributed by atoms with Crippen LogP contribution in [0.4, 0.5) is 34.1 Å². The summed E-state index contributed by atoms with van der Waals surface area (Å²) in [6.07, 6.45) is -0.167. The molecule has 0 unspecified atom stereocenters. The van der Waals surface area contributed by atoms with Gasteiger partial charge in [-0.3, -0.25) is 19.0 Å². The zero-order chi connectivity index (χ0) is 59.2. The lowest BCUT2D eigenvalue weighted by molar-refractivity contribution is -0.432. The van der Waals surface area contributed by atoms with E-state index in [1.54, 1.807) is 43.3 Å². The number of nitrogens with zero attached hydrogens (tertiary/aromatic N) is 8. The number of hydrogen-bond donors (Lipinski definition) is 10. The number of aryl methyl sites for hydroxylation is 1. The van der Waals surface area contributed by atoms with Gasteiger partial charge in [-0.1, -0.05) is 15.1 Å². The molecule has 36 heteroatoms. The molecular formula is C47H36N10O21S5. The summed E-state index contributed by atoms with van der Waals surface area (Å²) in [4.78, 5) is 33.5. The molecule has 2 heterocycles. The number of carbonyl (C=O) groups is 1. The zero-order valence-corrected chi connectivity index (χ0v) is 45.5. The second kappa shape index (κ2) is 25.5. The van der Waals surface area contributed by atoms with Crippen LogP contribution in [0.15, 0.2) is 158 Å². The molecule has 0 aliphatic rings. The number of fused-ring (bicyclic) bond motifs is 4. The normalized spacial score (nSPS) is 12.4. The van der Waals surface area contributed by atoms with E-state index in [1.165, 1.54) is 54.6 Å². The molecule has 7 aromatic carbocycles. The smallest absolute Gasteiger partial charge is 0.356 e. The average molecular weight is 1240 g/mol. The molecule has 0 fully saturated rings. The van der Waals surface area contributed by atoms with Crippen molar-refractivity contribution in [3.8, 4) is 34.3 Å². The van der Waals surface area contributed by atoms with Gasteiger partial charge >= 0.3 is 5.97 Å². The van der Waals surface area contributed by atoms with Crippen LogP contribution >= 0.6 is 36.1 Å². The summed E-state index contributed by atoms with van der Waals surface area (Å²) in [5.41, 5.74) is -0.0113. The van der Waals surface area contributed by atoms with Gasteiger partial charge in [-0.2, -0.15) is 27.1 Å². The Balaban J connectivity index is 1.02. The Kier molecular flexibility index (Phi) is 18.2. The molecule has 0 radical (unpaired) electrons. The maximum atomic E-state index is 13.3. The number of carboxylic acid groups (broad SMARTS) is 1. The van der Waals surface area contributed by atoms with Gasteiger partial charge in [0.15, 0.2) is 17.1 Å². The van der Waals surface area contributed by atoms with Crippen LogP contribution in [0, 0.1) is 6.92 Å². The Morgan fingerprint density at radius 3 is 2.02 bits per heavy atom. The number of aromatic carboxylic acids is 1. The highest BCUT2D eigenvalue weighted by Crippen LogP contribution is 2.47. The fourth-order valence-corrected chi connectivity index (χ4v) is 10.3. The van der Waals surface area contributed by atoms with Crippen molar-refractivity contribution in [1.82, 2.24) is 19.7 Å². The summed E-state index contributed by atoms with van der Waals surface area (Å²) in [5, 5.41) is 99.6. The number of hydrogen-bond acceptors (Lipinski definition) is 28. The Labute approximate surface area is 476 Å². The van der Waals surface area contributed by atoms with Gasteiger partial charge in [-0.25, -0.2) is 30.2 Å². The topological polar surface area (TPSA) is 452 Å². The monoisotopic (exact) mass is 1240 g/mol. The van der Waals surface area contributed by atoms with Crippen molar-refractivity contribution in [3.63, 3.8) is 0 Å². The summed E-state index contributed by atoms with van der Waals surface area (Å²) in [7, 11) is -8.91. The summed E-state index contributed by atoms with van der Waals surface area (Å²) in [5.74, 6) is -2.59. The molecule has 83 heavy (non-hydrogen) atoms. The van der Waals surface area contributed by atoms with Crippen LogP contribution < -0.4 is 10.3 Å². The van der Waals surface area contributed by atoms with Gasteiger partial charge in [0.1, 0.15) is 28.7 Å². The highest BCUT2D eigenvalue weighted by atomic mass is 32.2. The molecule has 0 aliphatic heterocycles. The number of imidazole rings is 1. The Bertz CT molecular complexity index is 4350. The minimum absolute atomic E-state index is 0.0213. The van der Waals surface area contributed by atoms with Gasteiger partial charge in [-0.05, 0) is 121 Å². The first-order chi connectivity index (χ1) is 39.7. The van der Waals surface area contributed by atoms with Gasteiger partial charge in [0.25, 0.3) is 25.8 Å². The molecule has 31 nitrogen and oxygen atoms in total. The largest absolute Gasteiger partial charge is 0.507 e. The lowest BCUT2D eigenvalue weighted by Crippen LogP contribution is -2.14. The van der Waals surface area contributed by atoms with Crippen LogP contribution in [0.5, 0.6) is 17.2 Å². The van der Waals surface area contributed by atoms with Crippen LogP contribution in [0.3, 0.4) is 0 Å². The van der Waals surface area contributed by atoms with Gasteiger partial charge < -0.3 is 25.0 Å². The van der Waals surface area contributed by atoms with E-state index in [2.05, 4.69) is 64.6 Å². The number of azo groups is 3. The number of phenols is 2. The molecule has 0 amide bonds. The predicted molar refractivity (Wildman–Crippen MR) is 292 cm³/mol. The van der Waals surface area contributed by atoms with Crippen LogP contribution in [0.1, 0.15) is 22.5 Å². The van der Waals surface area contributed by atoms with Crippen LogP contribution in [0.2, 0.25) is 0 Å². The molecular weight excluding hydrogens is 1200 g/mol. The van der Waals surface area contributed by atoms with Gasteiger partial charge in [0, 0.05) is 32.2 Å². The fourth-order valence-electron chi connectivity index (χ4n) is 7.96. The first-order valence-electron chi connectivity index (χ1n) is 22.9. The maximum Gasteiger partial charge on any atom is 0.356 e. The van der Waals surface area contributed by atoms with E-state index in [4.69, 9.17) is 29.8 Å². The third kappa shape index (κ3) is 13.8. The van der Waals surface area contributed by atoms with E-state index in [9.17, 15) is 50.8 Å². The maximum absolute atomic E-state index is 13.3. The highest BCUT2D eigenvalue weighted by Gasteiger charge is 2.23. The Hall–Kier alpha value is -8.28. The summed E-state index contributed by atoms with van der Waals surface area (Å²) >= 11 is 1.61. The van der Waals surface area contributed by atoms with Gasteiger partial charge in [-0.15, -0.1) is 33.5 Å². The summed E-state index contributed by atoms with van der Waals surface area (Å²) in [6.45, 7) is 1.37. The lowest BCUT2D eigenvalue weighted by Gasteiger charge is -2.12. The average Bonchev–Trinajstić information content (AvgIpc) is 2.61. The van der Waals surface area contributed by atoms with Crippen molar-refractivity contribution < 1.29 is 94.7 Å². The second-order valence-corrected chi connectivity index (χ2v) is 22.1. The number of rotatable bonds is 24. The number of aromatic hydroxyl groups is 2. The Morgan fingerprint density at radius 1 is 0.711 bits per heavy atom. The molecule has 2 aromatic heterocycles. The quantitative estimate of drug-likeness (QED) is 0.00671. The van der Waals surface area contributed by atoms with E-state index in [0.717, 1.165) is 16.8 Å². The number of aromatic nitrogens is 4. The zero-order valence-electron chi connectivity index (χ0n) is 41.4. The van der Waals surface area contributed by atoms with Crippen molar-refractivity contribution in [2.75, 3.05) is 12.4 Å². The van der Waals surface area contributed by atoms with E-state index < -0.39 is 59.5 Å². The molecule has 0 aliphatic carbocycles. The summed E-state index contributed by atoms with van der Waals surface area (Å²) < 4.78 is 85.3. The highest BCUT2D eigenvalue weighted by molar-refractivity contribution is 7.95. The first-order valence-corrected chi connectivity index (χ1v) is 28.2. The first kappa shape index (κ1) is 59.3. The number of benzene rings is 7. The van der Waals surface area contributed by atoms with Crippen molar-refractivity contribution in [2.24, 2.45) is 30.7 Å². The third-order valence-corrected chi connectivity index (χ3v) is 15.0. The molecule has 9 aromatic rings. The second-order valence-electron chi connectivity index (χ2n) is 16.9. The minimum atomic E-state index is -4.54. The molecule has 0 bridgehead atoms. The van der Waals surface area contributed by atoms with Crippen molar-refractivity contribution >= 4 is 129 Å². The lowest BCUT2D eigenvalue weighted by atomic mass is 10.1. The number of aromatic amines is 2. The predicted octanol–water partition coefficient (Wildman–Crippen LogP) is 11.9. The number of nitrogens with one attached hydrogen (secondary N) is 2. The van der Waals surface area contributed by atoms with Crippen LogP contribution in [0.25, 0.3) is 49.7 Å². The van der Waals surface area contributed by atoms with E-state index in [-0.39, 0.29) is 74.3 Å². The number of phenolic OH excluding ortho intramolecular Hbond substituents is 2. The van der Waals surface area contributed by atoms with E-state index >= 15 is 0 Å². The van der Waals surface area contributed by atoms with Crippen LogP contribution in [-0.4, -0.2) is 95.1 Å². The molecule has 10 N–H and O–H groups in total. The van der Waals surface area contributed by atoms with Crippen molar-refractivity contribution in [3.05, 3.63) is 125 Å². The standard InChI is InChI=1S/C47H36N10O21S5/c1-22-15-34(37(72-13-2-14-82(66,67)68)21-33(22)51-53-35-18-27(79-76-73-63)16-24-17-28(80-77-74-64)19-36(58)39(24)35)52-54-41-38(81-78-75-65)20-31-30(44(41)59)11-12-32-40(31)49-45(48-32)23-3-5-25(6-4-23)50-55-42-43(47(61)62)56-57(46(42)60)26-7-9-29(10-8-26)83(69,70)71/h3-12,15-21,56,58-59,63-65H,2,13-14H2,1H3,(H,48,49)(H,61,62)(H,66,67,68)(H,69,70,71). The van der Waals surface area contributed by atoms with E-state index in [1.807, 2.05) is 0 Å². The number of carboxylic acids is 1. The Morgan fingerprint density at radius 2 is 1.36 bits per heavy atom. The fraction of sp³-hybridized carbons (Fsp3) is 0.0851. The SMILES string of the molecule is Cc1cc(N=Nc2c(SOOO)cc3c(ccc4nc(-c5ccc(N=Nc6c(C(=O)O)[nH]n(-c7ccc(S(=O)(=O)O)cc7)c6=O)cc5)[nH]c43)c2O)c(OCCCS(=O)(=O)O)cc1N=Nc1cc(SOOO)cc2cc(SOOO)cc(O)c12. The number of ether oxygens (including phenoxy) is 1. The third-order valence-electron chi connectivity index (χ3n) is 11.6. The molecule has 430 valence electrons.